The largest absolute Gasteiger partial charge is 0.494 e. The summed E-state index contributed by atoms with van der Waals surface area (Å²) in [4.78, 5) is 31.7. The number of methoxy groups -OCH3 is 1. The van der Waals surface area contributed by atoms with Crippen LogP contribution in [-0.2, 0) is 0 Å². The number of aromatic nitrogens is 5. The lowest BCUT2D eigenvalue weighted by atomic mass is 9.49. The fourth-order valence-corrected chi connectivity index (χ4v) is 4.41. The van der Waals surface area contributed by atoms with Crippen LogP contribution in [-0.4, -0.2) is 92.1 Å². The molecule has 0 aliphatic rings. The third-order valence-corrected chi connectivity index (χ3v) is 6.25. The zero-order valence-corrected chi connectivity index (χ0v) is 22.9. The summed E-state index contributed by atoms with van der Waals surface area (Å²) in [7, 11) is 21.5. The molecule has 0 bridgehead atoms. The van der Waals surface area contributed by atoms with Crippen LogP contribution in [0.25, 0.3) is 10.6 Å². The number of amides is 2. The van der Waals surface area contributed by atoms with E-state index in [-0.39, 0.29) is 23.1 Å². The molecule has 4 rings (SSSR count). The molecule has 6 radical (unpaired) electrons. The first-order valence-corrected chi connectivity index (χ1v) is 12.5. The van der Waals surface area contributed by atoms with E-state index in [0.717, 1.165) is 5.69 Å². The highest BCUT2D eigenvalue weighted by atomic mass is 32.1. The van der Waals surface area contributed by atoms with Crippen LogP contribution in [0.5, 0.6) is 5.75 Å². The number of carbonyl (C=O) groups is 2. The van der Waals surface area contributed by atoms with Crippen molar-refractivity contribution < 1.29 is 14.3 Å². The van der Waals surface area contributed by atoms with Crippen molar-refractivity contribution in [3.05, 3.63) is 58.9 Å². The summed E-state index contributed by atoms with van der Waals surface area (Å²) in [6.07, 6.45) is 1.52. The number of aryl methyl sites for hydroxylation is 1. The lowest BCUT2D eigenvalue weighted by Crippen LogP contribution is -2.50. The number of thiazole rings is 1. The van der Waals surface area contributed by atoms with Crippen LogP contribution in [0.3, 0.4) is 0 Å². The van der Waals surface area contributed by atoms with Crippen LogP contribution in [0.4, 0.5) is 23.0 Å². The predicted octanol–water partition coefficient (Wildman–Crippen LogP) is 1.74. The van der Waals surface area contributed by atoms with E-state index in [2.05, 4.69) is 41.3 Å². The molecule has 0 aliphatic heterocycles. The van der Waals surface area contributed by atoms with Gasteiger partial charge in [-0.25, -0.2) is 4.98 Å². The van der Waals surface area contributed by atoms with E-state index in [4.69, 9.17) is 28.3 Å². The van der Waals surface area contributed by atoms with Gasteiger partial charge < -0.3 is 25.6 Å². The second-order valence-electron chi connectivity index (χ2n) is 8.80. The van der Waals surface area contributed by atoms with Crippen molar-refractivity contribution in [1.29, 1.82) is 0 Å². The average molecular weight is 549 g/mol. The summed E-state index contributed by atoms with van der Waals surface area (Å²) in [5.41, 5.74) is 1.91. The van der Waals surface area contributed by atoms with Gasteiger partial charge in [0.25, 0.3) is 11.8 Å². The van der Waals surface area contributed by atoms with Gasteiger partial charge in [-0.05, 0) is 31.2 Å². The van der Waals surface area contributed by atoms with E-state index >= 15 is 0 Å². The van der Waals surface area contributed by atoms with Crippen molar-refractivity contribution in [2.45, 2.75) is 12.2 Å². The molecule has 3 N–H and O–H groups in total. The van der Waals surface area contributed by atoms with Crippen LogP contribution in [0.1, 0.15) is 25.9 Å². The molecule has 0 saturated heterocycles. The van der Waals surface area contributed by atoms with E-state index < -0.39 is 11.1 Å². The third-order valence-electron chi connectivity index (χ3n) is 5.23. The number of para-hydroxylation sites is 1. The first kappa shape index (κ1) is 28.6. The smallest absolute Gasteiger partial charge is 0.272 e. The van der Waals surface area contributed by atoms with Gasteiger partial charge in [0.15, 0.2) is 23.1 Å². The minimum absolute atomic E-state index is 0.146. The standard InChI is InChI=1S/C24H22B3N9O3S/c1-12-8-9-17(33-32-12)30-18-10-15(19(35-34-18)21(37)31-24(25,26)27)29-14-7-5-6-13(20(14)39-4)22-28-11-16(40-22)23(38)36(2)3/h5-11H,1-4H3,(H,31,37)(H2,29,30,33,34). The molecule has 0 spiro atoms. The lowest BCUT2D eigenvalue weighted by molar-refractivity contribution is 0.0831. The summed E-state index contributed by atoms with van der Waals surface area (Å²) < 4.78 is 5.72. The second-order valence-corrected chi connectivity index (χ2v) is 9.84. The zero-order chi connectivity index (χ0) is 29.0. The van der Waals surface area contributed by atoms with E-state index in [9.17, 15) is 9.59 Å². The van der Waals surface area contributed by atoms with Gasteiger partial charge in [-0.2, -0.15) is 5.10 Å². The van der Waals surface area contributed by atoms with E-state index in [1.807, 2.05) is 6.92 Å². The van der Waals surface area contributed by atoms with Crippen molar-refractivity contribution >= 4 is 69.7 Å². The molecule has 0 saturated carbocycles. The third kappa shape index (κ3) is 6.75. The zero-order valence-electron chi connectivity index (χ0n) is 22.1. The number of rotatable bonds is 9. The Kier molecular flexibility index (Phi) is 8.38. The fourth-order valence-electron chi connectivity index (χ4n) is 3.46. The molecule has 196 valence electrons. The maximum absolute atomic E-state index is 12.9. The van der Waals surface area contributed by atoms with Gasteiger partial charge in [-0.3, -0.25) is 9.59 Å². The van der Waals surface area contributed by atoms with Gasteiger partial charge in [0, 0.05) is 20.2 Å². The van der Waals surface area contributed by atoms with Crippen LogP contribution in [0.15, 0.2) is 42.6 Å². The average Bonchev–Trinajstić information content (AvgIpc) is 3.38. The first-order valence-electron chi connectivity index (χ1n) is 11.7. The number of ether oxygens (including phenoxy) is 1. The van der Waals surface area contributed by atoms with Crippen molar-refractivity contribution in [2.24, 2.45) is 0 Å². The maximum atomic E-state index is 12.9. The number of carbonyl (C=O) groups excluding carboxylic acids is 2. The summed E-state index contributed by atoms with van der Waals surface area (Å²) in [6, 6.07) is 10.4. The Labute approximate surface area is 238 Å². The molecule has 0 atom stereocenters. The molecule has 3 aromatic heterocycles. The first-order chi connectivity index (χ1) is 18.9. The molecule has 0 unspecified atom stereocenters. The lowest BCUT2D eigenvalue weighted by Gasteiger charge is -2.23. The Morgan fingerprint density at radius 2 is 1.73 bits per heavy atom. The Hall–Kier alpha value is -4.46. The molecule has 4 aromatic rings. The van der Waals surface area contributed by atoms with Crippen LogP contribution in [0.2, 0.25) is 0 Å². The van der Waals surface area contributed by atoms with Crippen molar-refractivity contribution in [1.82, 2.24) is 35.6 Å². The molecule has 1 aromatic carbocycles. The van der Waals surface area contributed by atoms with Gasteiger partial charge in [0.1, 0.15) is 9.88 Å². The van der Waals surface area contributed by atoms with Gasteiger partial charge in [-0.1, -0.05) is 11.3 Å². The SMILES string of the molecule is [B]C([B])([B])NC(=O)c1nnc(Nc2ccc(C)nn2)cc1Nc1cccc(-c2ncc(C(=O)N(C)C)s2)c1OC. The Bertz CT molecular complexity index is 1540. The minimum Gasteiger partial charge on any atom is -0.494 e. The molecule has 12 nitrogen and oxygen atoms in total. The Balaban J connectivity index is 1.73. The fraction of sp³-hybridized carbons (Fsp3) is 0.208. The minimum atomic E-state index is -1.99. The highest BCUT2D eigenvalue weighted by Gasteiger charge is 2.23. The highest BCUT2D eigenvalue weighted by molar-refractivity contribution is 7.17. The van der Waals surface area contributed by atoms with Crippen LogP contribution >= 0.6 is 11.3 Å². The summed E-state index contributed by atoms with van der Waals surface area (Å²) in [5.74, 6) is 0.155. The molecular formula is C24H22B3N9O3S. The van der Waals surface area contributed by atoms with Gasteiger partial charge in [0.05, 0.1) is 59.5 Å². The number of anilines is 4. The van der Waals surface area contributed by atoms with Crippen LogP contribution in [0, 0.1) is 6.92 Å². The van der Waals surface area contributed by atoms with Gasteiger partial charge in [-0.15, -0.1) is 26.6 Å². The monoisotopic (exact) mass is 549 g/mol. The molecule has 16 heteroatoms. The molecule has 0 fully saturated rings. The van der Waals surface area contributed by atoms with E-state index in [1.54, 1.807) is 44.4 Å². The maximum Gasteiger partial charge on any atom is 0.272 e. The number of nitrogens with one attached hydrogen (secondary N) is 3. The van der Waals surface area contributed by atoms with E-state index in [1.165, 1.54) is 35.6 Å². The van der Waals surface area contributed by atoms with Crippen molar-refractivity contribution in [2.75, 3.05) is 31.8 Å². The molecule has 3 heterocycles. The number of benzene rings is 1. The quantitative estimate of drug-likeness (QED) is 0.264. The summed E-state index contributed by atoms with van der Waals surface area (Å²) in [5, 5.41) is 23.2. The molecule has 40 heavy (non-hydrogen) atoms. The summed E-state index contributed by atoms with van der Waals surface area (Å²) in [6.45, 7) is 1.81. The van der Waals surface area contributed by atoms with Crippen molar-refractivity contribution in [3.63, 3.8) is 0 Å². The molecule has 2 amide bonds. The highest BCUT2D eigenvalue weighted by Crippen LogP contribution is 2.40. The number of hydrogen-bond donors (Lipinski definition) is 3. The second kappa shape index (κ2) is 11.7. The Morgan fingerprint density at radius 1 is 0.975 bits per heavy atom. The van der Waals surface area contributed by atoms with Crippen molar-refractivity contribution in [3.8, 4) is 16.3 Å². The predicted molar refractivity (Wildman–Crippen MR) is 155 cm³/mol. The molecule has 0 aliphatic carbocycles. The normalized spacial score (nSPS) is 11.0. The number of hydrogen-bond acceptors (Lipinski definition) is 11. The van der Waals surface area contributed by atoms with E-state index in [0.29, 0.717) is 32.7 Å². The van der Waals surface area contributed by atoms with Crippen LogP contribution < -0.4 is 20.7 Å². The number of nitrogens with zero attached hydrogens (tertiary/aromatic N) is 6. The summed E-state index contributed by atoms with van der Waals surface area (Å²) >= 11 is 1.22. The van der Waals surface area contributed by atoms with Gasteiger partial charge in [0.2, 0.25) is 0 Å². The van der Waals surface area contributed by atoms with Gasteiger partial charge >= 0.3 is 0 Å². The molecular weight excluding hydrogens is 527 g/mol. The Morgan fingerprint density at radius 3 is 2.38 bits per heavy atom. The topological polar surface area (TPSA) is 147 Å².